The van der Waals surface area contributed by atoms with E-state index in [4.69, 9.17) is 0 Å². The third-order valence-corrected chi connectivity index (χ3v) is 4.05. The Hall–Kier alpha value is -1.85. The van der Waals surface area contributed by atoms with Crippen LogP contribution in [0, 0.1) is 0 Å². The van der Waals surface area contributed by atoms with E-state index >= 15 is 0 Å². The van der Waals surface area contributed by atoms with Crippen molar-refractivity contribution < 1.29 is 13.5 Å². The van der Waals surface area contributed by atoms with E-state index < -0.39 is 10.0 Å². The summed E-state index contributed by atoms with van der Waals surface area (Å²) in [4.78, 5) is 0.221. The summed E-state index contributed by atoms with van der Waals surface area (Å²) in [6, 6.07) is 15.0. The van der Waals surface area contributed by atoms with Crippen LogP contribution in [-0.4, -0.2) is 15.0 Å². The van der Waals surface area contributed by atoms with Crippen LogP contribution < -0.4 is 4.72 Å². The molecule has 0 spiro atoms. The van der Waals surface area contributed by atoms with Gasteiger partial charge in [-0.25, -0.2) is 13.5 Å². The number of hydrogen-bond donors (Lipinski definition) is 1. The van der Waals surface area contributed by atoms with Gasteiger partial charge in [-0.2, -0.15) is 0 Å². The molecule has 0 aromatic heterocycles. The van der Waals surface area contributed by atoms with Crippen LogP contribution in [0.2, 0.25) is 0 Å². The number of anilines is 1. The van der Waals surface area contributed by atoms with Crippen molar-refractivity contribution >= 4 is 15.7 Å². The molecule has 0 bridgehead atoms. The maximum absolute atomic E-state index is 12.1. The number of benzene rings is 2. The van der Waals surface area contributed by atoms with Gasteiger partial charge in [0.15, 0.2) is 0 Å². The van der Waals surface area contributed by atoms with Crippen molar-refractivity contribution in [2.45, 2.75) is 11.3 Å². The Morgan fingerprint density at radius 2 is 1.53 bits per heavy atom. The molecule has 19 heavy (non-hydrogen) atoms. The first-order valence-corrected chi connectivity index (χ1v) is 7.35. The van der Waals surface area contributed by atoms with Gasteiger partial charge in [0, 0.05) is 5.69 Å². The topological polar surface area (TPSA) is 66.1 Å². The smallest absolute Gasteiger partial charge is 0.261 e. The fraction of sp³-hybridized carbons (Fsp3) is 0.143. The Morgan fingerprint density at radius 3 is 2.11 bits per heavy atom. The molecule has 0 saturated carbocycles. The highest BCUT2D eigenvalue weighted by Gasteiger charge is 2.12. The van der Waals surface area contributed by atoms with Crippen molar-refractivity contribution in [1.29, 1.82) is 0 Å². The Morgan fingerprint density at radius 1 is 0.895 bits per heavy atom. The van der Waals surface area contributed by atoms with Crippen LogP contribution >= 0.6 is 0 Å². The molecular formula is C14H14NO3S. The maximum Gasteiger partial charge on any atom is 0.261 e. The lowest BCUT2D eigenvalue weighted by atomic mass is 10.1. The predicted octanol–water partition coefficient (Wildman–Crippen LogP) is 2.46. The van der Waals surface area contributed by atoms with Crippen LogP contribution in [0.15, 0.2) is 59.5 Å². The molecule has 0 fully saturated rings. The first-order valence-electron chi connectivity index (χ1n) is 5.87. The summed E-state index contributed by atoms with van der Waals surface area (Å²) in [5.41, 5.74) is 1.39. The summed E-state index contributed by atoms with van der Waals surface area (Å²) in [6.45, 7) is -0.172. The molecule has 1 N–H and O–H groups in total. The van der Waals surface area contributed by atoms with Crippen molar-refractivity contribution in [3.8, 4) is 0 Å². The van der Waals surface area contributed by atoms with Gasteiger partial charge in [-0.1, -0.05) is 30.3 Å². The van der Waals surface area contributed by atoms with Gasteiger partial charge >= 0.3 is 0 Å². The summed E-state index contributed by atoms with van der Waals surface area (Å²) in [6.07, 6.45) is 0.450. The third kappa shape index (κ3) is 3.56. The van der Waals surface area contributed by atoms with E-state index in [1.165, 1.54) is 12.1 Å². The van der Waals surface area contributed by atoms with Gasteiger partial charge in [-0.05, 0) is 36.2 Å². The molecule has 0 atom stereocenters. The molecule has 0 heterocycles. The van der Waals surface area contributed by atoms with Crippen LogP contribution in [0.25, 0.3) is 0 Å². The van der Waals surface area contributed by atoms with Crippen molar-refractivity contribution in [3.05, 3.63) is 60.2 Å². The monoisotopic (exact) mass is 276 g/mol. The highest BCUT2D eigenvalue weighted by Crippen LogP contribution is 2.16. The van der Waals surface area contributed by atoms with Gasteiger partial charge in [0.05, 0.1) is 11.5 Å². The molecule has 2 aromatic rings. The van der Waals surface area contributed by atoms with E-state index in [1.807, 2.05) is 0 Å². The largest absolute Gasteiger partial charge is 0.280 e. The molecule has 5 heteroatoms. The molecule has 2 rings (SSSR count). The molecule has 0 amide bonds. The van der Waals surface area contributed by atoms with E-state index in [0.717, 1.165) is 5.56 Å². The standard InChI is InChI=1S/C14H14NO3S/c16-11-10-12-6-8-13(9-7-12)15-19(17,18)14-4-2-1-3-5-14/h1-9,15H,10-11H2. The Labute approximate surface area is 112 Å². The molecule has 0 aliphatic carbocycles. The predicted molar refractivity (Wildman–Crippen MR) is 73.0 cm³/mol. The summed E-state index contributed by atoms with van der Waals surface area (Å²) in [5.74, 6) is 0. The van der Waals surface area contributed by atoms with Gasteiger partial charge < -0.3 is 0 Å². The Kier molecular flexibility index (Phi) is 4.19. The number of rotatable bonds is 5. The zero-order valence-electron chi connectivity index (χ0n) is 10.2. The Balaban J connectivity index is 2.17. The van der Waals surface area contributed by atoms with Gasteiger partial charge in [0.2, 0.25) is 0 Å². The minimum atomic E-state index is -3.55. The second kappa shape index (κ2) is 5.86. The molecule has 0 aliphatic heterocycles. The first kappa shape index (κ1) is 13.6. The van der Waals surface area contributed by atoms with Gasteiger partial charge in [0.1, 0.15) is 0 Å². The van der Waals surface area contributed by atoms with Crippen LogP contribution in [0.4, 0.5) is 5.69 Å². The highest BCUT2D eigenvalue weighted by atomic mass is 32.2. The van der Waals surface area contributed by atoms with Crippen molar-refractivity contribution in [2.24, 2.45) is 0 Å². The lowest BCUT2D eigenvalue weighted by molar-refractivity contribution is 0.197. The van der Waals surface area contributed by atoms with E-state index in [-0.39, 0.29) is 11.5 Å². The SMILES string of the molecule is [O]CCc1ccc(NS(=O)(=O)c2ccccc2)cc1. The van der Waals surface area contributed by atoms with E-state index in [2.05, 4.69) is 4.72 Å². The lowest BCUT2D eigenvalue weighted by Gasteiger charge is -2.08. The minimum Gasteiger partial charge on any atom is -0.280 e. The number of sulfonamides is 1. The van der Waals surface area contributed by atoms with Crippen LogP contribution in [0.3, 0.4) is 0 Å². The van der Waals surface area contributed by atoms with Crippen molar-refractivity contribution in [1.82, 2.24) is 0 Å². The van der Waals surface area contributed by atoms with Gasteiger partial charge in [-0.15, -0.1) is 0 Å². The van der Waals surface area contributed by atoms with E-state index in [9.17, 15) is 13.5 Å². The first-order chi connectivity index (χ1) is 9.12. The lowest BCUT2D eigenvalue weighted by Crippen LogP contribution is -2.12. The molecular weight excluding hydrogens is 262 g/mol. The quantitative estimate of drug-likeness (QED) is 0.911. The fourth-order valence-corrected chi connectivity index (χ4v) is 2.75. The van der Waals surface area contributed by atoms with Crippen molar-refractivity contribution in [3.63, 3.8) is 0 Å². The number of hydrogen-bond acceptors (Lipinski definition) is 2. The molecule has 0 saturated heterocycles. The molecule has 4 nitrogen and oxygen atoms in total. The summed E-state index contributed by atoms with van der Waals surface area (Å²) >= 11 is 0. The van der Waals surface area contributed by atoms with E-state index in [0.29, 0.717) is 12.1 Å². The van der Waals surface area contributed by atoms with Crippen LogP contribution in [-0.2, 0) is 21.6 Å². The third-order valence-electron chi connectivity index (χ3n) is 2.65. The maximum atomic E-state index is 12.1. The normalized spacial score (nSPS) is 11.2. The Bertz CT molecular complexity index is 622. The molecule has 1 radical (unpaired) electrons. The second-order valence-corrected chi connectivity index (χ2v) is 5.75. The molecule has 2 aromatic carbocycles. The van der Waals surface area contributed by atoms with Crippen LogP contribution in [0.5, 0.6) is 0 Å². The van der Waals surface area contributed by atoms with Gasteiger partial charge in [0.25, 0.3) is 10.0 Å². The fourth-order valence-electron chi connectivity index (χ4n) is 1.67. The zero-order valence-corrected chi connectivity index (χ0v) is 11.1. The number of nitrogens with one attached hydrogen (secondary N) is 1. The molecule has 99 valence electrons. The average Bonchev–Trinajstić information content (AvgIpc) is 2.42. The van der Waals surface area contributed by atoms with Crippen LogP contribution in [0.1, 0.15) is 5.56 Å². The summed E-state index contributed by atoms with van der Waals surface area (Å²) in [5, 5.41) is 10.5. The average molecular weight is 276 g/mol. The minimum absolute atomic E-state index is 0.172. The van der Waals surface area contributed by atoms with Gasteiger partial charge in [-0.3, -0.25) is 4.72 Å². The second-order valence-electron chi connectivity index (χ2n) is 4.07. The zero-order chi connectivity index (χ0) is 13.7. The molecule has 0 aliphatic rings. The van der Waals surface area contributed by atoms with E-state index in [1.54, 1.807) is 42.5 Å². The summed E-state index contributed by atoms with van der Waals surface area (Å²) < 4.78 is 26.6. The highest BCUT2D eigenvalue weighted by molar-refractivity contribution is 7.92. The summed E-state index contributed by atoms with van der Waals surface area (Å²) in [7, 11) is -3.55. The van der Waals surface area contributed by atoms with Crippen molar-refractivity contribution in [2.75, 3.05) is 11.3 Å². The molecule has 0 unspecified atom stereocenters.